The molecule has 1 aromatic carbocycles. The third-order valence-electron chi connectivity index (χ3n) is 5.06. The van der Waals surface area contributed by atoms with E-state index >= 15 is 0 Å². The summed E-state index contributed by atoms with van der Waals surface area (Å²) in [6, 6.07) is 12.0. The van der Waals surface area contributed by atoms with E-state index in [0.717, 1.165) is 0 Å². The van der Waals surface area contributed by atoms with Gasteiger partial charge in [-0.1, -0.05) is 24.3 Å². The number of carbonyl (C=O) groups is 2. The Kier molecular flexibility index (Phi) is 7.06. The number of rotatable bonds is 6. The van der Waals surface area contributed by atoms with E-state index in [0.29, 0.717) is 37.3 Å². The molecule has 1 aromatic heterocycles. The quantitative estimate of drug-likeness (QED) is 0.540. The van der Waals surface area contributed by atoms with E-state index in [1.54, 1.807) is 49.4 Å². The summed E-state index contributed by atoms with van der Waals surface area (Å²) in [5.41, 5.74) is 0.568. The number of aromatic nitrogens is 1. The second kappa shape index (κ2) is 9.91. The van der Waals surface area contributed by atoms with E-state index in [2.05, 4.69) is 0 Å². The van der Waals surface area contributed by atoms with E-state index in [4.69, 9.17) is 9.47 Å². The van der Waals surface area contributed by atoms with Gasteiger partial charge in [0.25, 0.3) is 11.5 Å². The largest absolute Gasteiger partial charge is 0.496 e. The van der Waals surface area contributed by atoms with Crippen LogP contribution in [0, 0.1) is 5.92 Å². The number of hydrogen-bond acceptors (Lipinski definition) is 5. The zero-order chi connectivity index (χ0) is 21.5. The van der Waals surface area contributed by atoms with Crippen molar-refractivity contribution in [1.29, 1.82) is 0 Å². The minimum absolute atomic E-state index is 0.203. The van der Waals surface area contributed by atoms with Crippen molar-refractivity contribution in [3.05, 3.63) is 64.6 Å². The van der Waals surface area contributed by atoms with E-state index in [1.165, 1.54) is 10.6 Å². The van der Waals surface area contributed by atoms with Gasteiger partial charge >= 0.3 is 5.97 Å². The molecule has 1 saturated heterocycles. The summed E-state index contributed by atoms with van der Waals surface area (Å²) >= 11 is 0. The van der Waals surface area contributed by atoms with Crippen LogP contribution in [0.4, 0.5) is 0 Å². The van der Waals surface area contributed by atoms with E-state index in [-0.39, 0.29) is 35.6 Å². The number of nitrogens with zero attached hydrogens (tertiary/aromatic N) is 2. The topological polar surface area (TPSA) is 77.8 Å². The highest BCUT2D eigenvalue weighted by Crippen LogP contribution is 2.25. The van der Waals surface area contributed by atoms with Crippen LogP contribution in [0.5, 0.6) is 5.75 Å². The fourth-order valence-corrected chi connectivity index (χ4v) is 3.57. The van der Waals surface area contributed by atoms with Gasteiger partial charge in [-0.25, -0.2) is 0 Å². The number of benzene rings is 1. The van der Waals surface area contributed by atoms with Crippen LogP contribution in [0.15, 0.2) is 53.5 Å². The van der Waals surface area contributed by atoms with Crippen molar-refractivity contribution in [3.63, 3.8) is 0 Å². The van der Waals surface area contributed by atoms with Gasteiger partial charge in [-0.15, -0.1) is 0 Å². The smallest absolute Gasteiger partial charge is 0.310 e. The normalized spacial score (nSPS) is 16.8. The number of carbonyl (C=O) groups excluding carboxylic acids is 2. The van der Waals surface area contributed by atoms with Crippen LogP contribution >= 0.6 is 0 Å². The summed E-state index contributed by atoms with van der Waals surface area (Å²) in [5, 5.41) is 0. The molecule has 7 heteroatoms. The van der Waals surface area contributed by atoms with Crippen LogP contribution < -0.4 is 10.3 Å². The number of amides is 1. The molecule has 1 aliphatic heterocycles. The van der Waals surface area contributed by atoms with Crippen molar-refractivity contribution < 1.29 is 19.1 Å². The number of methoxy groups -OCH3 is 1. The van der Waals surface area contributed by atoms with Gasteiger partial charge in [0.1, 0.15) is 11.4 Å². The van der Waals surface area contributed by atoms with Gasteiger partial charge in [0.05, 0.1) is 19.6 Å². The lowest BCUT2D eigenvalue weighted by Crippen LogP contribution is -2.44. The highest BCUT2D eigenvalue weighted by molar-refractivity contribution is 6.18. The summed E-state index contributed by atoms with van der Waals surface area (Å²) in [5.74, 6) is -0.372. The van der Waals surface area contributed by atoms with Gasteiger partial charge in [0.2, 0.25) is 0 Å². The lowest BCUT2D eigenvalue weighted by molar-refractivity contribution is -0.150. The Labute approximate surface area is 175 Å². The molecule has 2 heterocycles. The Bertz CT molecular complexity index is 995. The van der Waals surface area contributed by atoms with Gasteiger partial charge in [-0.3, -0.25) is 19.0 Å². The first kappa shape index (κ1) is 21.4. The lowest BCUT2D eigenvalue weighted by atomic mass is 9.97. The molecular weight excluding hydrogens is 384 g/mol. The molecule has 0 spiro atoms. The lowest BCUT2D eigenvalue weighted by Gasteiger charge is -2.32. The second-order valence-electron chi connectivity index (χ2n) is 7.02. The van der Waals surface area contributed by atoms with Crippen LogP contribution in [0.2, 0.25) is 0 Å². The first-order valence-corrected chi connectivity index (χ1v) is 10.0. The van der Waals surface area contributed by atoms with Gasteiger partial charge in [0, 0.05) is 30.9 Å². The molecule has 30 heavy (non-hydrogen) atoms. The molecular formula is C23H26N2O5. The van der Waals surface area contributed by atoms with Gasteiger partial charge in [-0.2, -0.15) is 0 Å². The number of likely N-dealkylation sites (tertiary alicyclic amines) is 1. The number of pyridine rings is 1. The van der Waals surface area contributed by atoms with Gasteiger partial charge < -0.3 is 14.4 Å². The summed E-state index contributed by atoms with van der Waals surface area (Å²) in [6.07, 6.45) is 4.59. The number of piperidine rings is 1. The van der Waals surface area contributed by atoms with Crippen molar-refractivity contribution in [1.82, 2.24) is 9.47 Å². The fourth-order valence-electron chi connectivity index (χ4n) is 3.57. The summed E-state index contributed by atoms with van der Waals surface area (Å²) < 4.78 is 11.9. The minimum Gasteiger partial charge on any atom is -0.496 e. The SMILES string of the molecule is CCOC(=O)C1CCCN(C(=O)C(=Cc2ccccc2OC)n2ccccc2=O)C1. The van der Waals surface area contributed by atoms with E-state index < -0.39 is 0 Å². The predicted molar refractivity (Wildman–Crippen MR) is 114 cm³/mol. The maximum atomic E-state index is 13.5. The molecule has 0 saturated carbocycles. The molecule has 3 rings (SSSR count). The molecule has 0 bridgehead atoms. The number of esters is 1. The third-order valence-corrected chi connectivity index (χ3v) is 5.06. The molecule has 0 N–H and O–H groups in total. The van der Waals surface area contributed by atoms with Crippen LogP contribution in [0.3, 0.4) is 0 Å². The van der Waals surface area contributed by atoms with Crippen molar-refractivity contribution in [2.24, 2.45) is 5.92 Å². The third kappa shape index (κ3) is 4.79. The molecule has 7 nitrogen and oxygen atoms in total. The molecule has 0 aliphatic carbocycles. The van der Waals surface area contributed by atoms with E-state index in [9.17, 15) is 14.4 Å². The molecule has 158 valence electrons. The summed E-state index contributed by atoms with van der Waals surface area (Å²) in [4.78, 5) is 39.8. The average molecular weight is 410 g/mol. The standard InChI is InChI=1S/C23H26N2O5/c1-3-30-23(28)18-10-8-13-24(16-18)22(27)19(25-14-7-6-12-21(25)26)15-17-9-4-5-11-20(17)29-2/h4-7,9,11-12,14-15,18H,3,8,10,13,16H2,1-2H3. The summed E-state index contributed by atoms with van der Waals surface area (Å²) in [7, 11) is 1.55. The van der Waals surface area contributed by atoms with Crippen LogP contribution in [0.1, 0.15) is 25.3 Å². The zero-order valence-electron chi connectivity index (χ0n) is 17.2. The summed E-state index contributed by atoms with van der Waals surface area (Å²) in [6.45, 7) is 2.85. The highest BCUT2D eigenvalue weighted by Gasteiger charge is 2.31. The molecule has 0 radical (unpaired) electrons. The molecule has 1 unspecified atom stereocenters. The van der Waals surface area contributed by atoms with Crippen LogP contribution in [0.25, 0.3) is 11.8 Å². The molecule has 1 amide bonds. The Morgan fingerprint density at radius 2 is 1.93 bits per heavy atom. The first-order chi connectivity index (χ1) is 14.5. The second-order valence-corrected chi connectivity index (χ2v) is 7.02. The van der Waals surface area contributed by atoms with Crippen molar-refractivity contribution >= 4 is 23.6 Å². The number of ether oxygens (including phenoxy) is 2. The van der Waals surface area contributed by atoms with Crippen LogP contribution in [-0.2, 0) is 14.3 Å². The molecule has 2 aromatic rings. The minimum atomic E-state index is -0.359. The maximum absolute atomic E-state index is 13.5. The van der Waals surface area contributed by atoms with Crippen molar-refractivity contribution in [3.8, 4) is 5.75 Å². The number of hydrogen-bond donors (Lipinski definition) is 0. The van der Waals surface area contributed by atoms with E-state index in [1.807, 2.05) is 18.2 Å². The van der Waals surface area contributed by atoms with Crippen molar-refractivity contribution in [2.45, 2.75) is 19.8 Å². The molecule has 1 fully saturated rings. The highest BCUT2D eigenvalue weighted by atomic mass is 16.5. The Hall–Kier alpha value is -3.35. The fraction of sp³-hybridized carbons (Fsp3) is 0.348. The average Bonchev–Trinajstić information content (AvgIpc) is 2.78. The first-order valence-electron chi connectivity index (χ1n) is 10.0. The Morgan fingerprint density at radius 1 is 1.17 bits per heavy atom. The number of para-hydroxylation sites is 1. The molecule has 1 atom stereocenters. The Morgan fingerprint density at radius 3 is 2.67 bits per heavy atom. The van der Waals surface area contributed by atoms with Gasteiger partial charge in [0.15, 0.2) is 0 Å². The monoisotopic (exact) mass is 410 g/mol. The molecule has 1 aliphatic rings. The van der Waals surface area contributed by atoms with Crippen molar-refractivity contribution in [2.75, 3.05) is 26.8 Å². The predicted octanol–water partition coefficient (Wildman–Crippen LogP) is 2.66. The zero-order valence-corrected chi connectivity index (χ0v) is 17.2. The Balaban J connectivity index is 1.99. The van der Waals surface area contributed by atoms with Crippen LogP contribution in [-0.4, -0.2) is 48.1 Å². The van der Waals surface area contributed by atoms with Gasteiger partial charge in [-0.05, 0) is 38.0 Å². The maximum Gasteiger partial charge on any atom is 0.310 e.